The quantitative estimate of drug-likeness (QED) is 0.141. The van der Waals surface area contributed by atoms with Crippen LogP contribution in [-0.4, -0.2) is 6.54 Å². The first-order valence-electron chi connectivity index (χ1n) is 20.3. The second-order valence-electron chi connectivity index (χ2n) is 14.6. The van der Waals surface area contributed by atoms with E-state index in [9.17, 15) is 0 Å². The van der Waals surface area contributed by atoms with Crippen LogP contribution in [-0.2, 0) is 0 Å². The standard InChI is InChI=1S/C56H56N2/c1-8-23-51(10-3)57-39-21-20-30-54(45(7)55-31-18-19-32-56(55)57)50-28-22-29-53(41-50)58(44(6)40-46(9-2)49-26-16-13-17-27-49)52-37-35-48(36-38-52)43(5)34-33-42(4)47-24-14-11-12-15-25-47/h8-24,26-38,40-41H,7,25,39H2,1-6H3/b21-20-,23-8-,42-33+,43-34+,44-40+,46-9+,51-10+,54-30+. The van der Waals surface area contributed by atoms with Crippen LogP contribution in [0.2, 0.25) is 0 Å². The maximum atomic E-state index is 4.74. The van der Waals surface area contributed by atoms with Gasteiger partial charge in [0.05, 0.1) is 0 Å². The van der Waals surface area contributed by atoms with Crippen LogP contribution < -0.4 is 9.80 Å². The number of allylic oxidation sites excluding steroid dienone is 21. The molecule has 0 atom stereocenters. The number of nitrogens with zero attached hydrogens (tertiary/aromatic N) is 2. The lowest BCUT2D eigenvalue weighted by Gasteiger charge is -2.28. The van der Waals surface area contributed by atoms with Crippen molar-refractivity contribution in [1.29, 1.82) is 0 Å². The molecule has 1 heterocycles. The van der Waals surface area contributed by atoms with E-state index < -0.39 is 0 Å². The summed E-state index contributed by atoms with van der Waals surface area (Å²) in [5.41, 5.74) is 17.2. The highest BCUT2D eigenvalue weighted by Gasteiger charge is 2.20. The molecule has 0 spiro atoms. The predicted molar refractivity (Wildman–Crippen MR) is 256 cm³/mol. The zero-order valence-electron chi connectivity index (χ0n) is 35.0. The molecule has 0 saturated carbocycles. The minimum absolute atomic E-state index is 0.748. The number of anilines is 3. The highest BCUT2D eigenvalue weighted by molar-refractivity contribution is 6.07. The van der Waals surface area contributed by atoms with Gasteiger partial charge in [-0.05, 0) is 141 Å². The van der Waals surface area contributed by atoms with E-state index in [1.807, 2.05) is 0 Å². The van der Waals surface area contributed by atoms with Crippen LogP contribution in [0.1, 0.15) is 70.2 Å². The van der Waals surface area contributed by atoms with E-state index in [1.54, 1.807) is 0 Å². The molecule has 0 N–H and O–H groups in total. The first-order valence-corrected chi connectivity index (χ1v) is 20.3. The van der Waals surface area contributed by atoms with Crippen LogP contribution in [0.25, 0.3) is 22.3 Å². The van der Waals surface area contributed by atoms with Crippen LogP contribution in [0.5, 0.6) is 0 Å². The maximum absolute atomic E-state index is 4.74. The summed E-state index contributed by atoms with van der Waals surface area (Å²) in [5, 5.41) is 0. The summed E-state index contributed by atoms with van der Waals surface area (Å²) in [6.07, 6.45) is 33.7. The first-order chi connectivity index (χ1) is 28.3. The van der Waals surface area contributed by atoms with E-state index in [0.717, 1.165) is 63.7 Å². The second-order valence-corrected chi connectivity index (χ2v) is 14.6. The minimum Gasteiger partial charge on any atom is -0.337 e. The van der Waals surface area contributed by atoms with E-state index in [2.05, 4.69) is 246 Å². The molecule has 58 heavy (non-hydrogen) atoms. The molecule has 6 rings (SSSR count). The summed E-state index contributed by atoms with van der Waals surface area (Å²) >= 11 is 0. The molecule has 2 nitrogen and oxygen atoms in total. The van der Waals surface area contributed by atoms with Gasteiger partial charge in [0.25, 0.3) is 0 Å². The summed E-state index contributed by atoms with van der Waals surface area (Å²) in [6, 6.07) is 37.0. The fourth-order valence-corrected chi connectivity index (χ4v) is 7.49. The average molecular weight is 757 g/mol. The third-order valence-electron chi connectivity index (χ3n) is 10.7. The summed E-state index contributed by atoms with van der Waals surface area (Å²) < 4.78 is 0. The third-order valence-corrected chi connectivity index (χ3v) is 10.7. The van der Waals surface area contributed by atoms with Crippen molar-refractivity contribution in [2.24, 2.45) is 0 Å². The minimum atomic E-state index is 0.748. The Morgan fingerprint density at radius 1 is 0.672 bits per heavy atom. The van der Waals surface area contributed by atoms with Gasteiger partial charge in [0.2, 0.25) is 0 Å². The largest absolute Gasteiger partial charge is 0.337 e. The monoisotopic (exact) mass is 756 g/mol. The Labute approximate surface area is 348 Å². The van der Waals surface area contributed by atoms with Gasteiger partial charge in [-0.25, -0.2) is 0 Å². The molecule has 2 aliphatic rings. The Balaban J connectivity index is 1.40. The van der Waals surface area contributed by atoms with E-state index in [0.29, 0.717) is 0 Å². The molecule has 0 radical (unpaired) electrons. The normalized spacial score (nSPS) is 17.2. The highest BCUT2D eigenvalue weighted by atomic mass is 15.1. The molecule has 290 valence electrons. The molecule has 0 amide bonds. The Morgan fingerprint density at radius 2 is 1.43 bits per heavy atom. The van der Waals surface area contributed by atoms with Crippen molar-refractivity contribution >= 4 is 39.4 Å². The van der Waals surface area contributed by atoms with Gasteiger partial charge < -0.3 is 9.80 Å². The highest BCUT2D eigenvalue weighted by Crippen LogP contribution is 2.40. The van der Waals surface area contributed by atoms with Crippen molar-refractivity contribution < 1.29 is 0 Å². The van der Waals surface area contributed by atoms with Gasteiger partial charge in [-0.15, -0.1) is 0 Å². The molecule has 4 aromatic rings. The van der Waals surface area contributed by atoms with Crippen LogP contribution in [0.15, 0.2) is 223 Å². The molecule has 0 unspecified atom stereocenters. The SMILES string of the molecule is C=C1/C(c2cccc(N(/C(C)=C/C(=C\C)c3ccccc3)c3ccc(/C(C)=C/C=C(\C)C4=CC=CC=CC4)cc3)c2)=C\C=C/CN(C(/C=C\C)=C/C)c2ccccc21. The number of hydrogen-bond acceptors (Lipinski definition) is 2. The van der Waals surface area contributed by atoms with Gasteiger partial charge >= 0.3 is 0 Å². The third kappa shape index (κ3) is 9.83. The molecule has 4 aromatic carbocycles. The number of benzene rings is 4. The molecule has 0 bridgehead atoms. The number of para-hydroxylation sites is 1. The Hall–Kier alpha value is -6.64. The zero-order chi connectivity index (χ0) is 40.9. The first kappa shape index (κ1) is 41.0. The van der Waals surface area contributed by atoms with E-state index in [-0.39, 0.29) is 0 Å². The lowest BCUT2D eigenvalue weighted by Crippen LogP contribution is -2.22. The van der Waals surface area contributed by atoms with Crippen molar-refractivity contribution in [2.75, 3.05) is 16.3 Å². The van der Waals surface area contributed by atoms with Gasteiger partial charge in [-0.3, -0.25) is 0 Å². The maximum Gasteiger partial charge on any atom is 0.0493 e. The lowest BCUT2D eigenvalue weighted by molar-refractivity contribution is 1.03. The smallest absolute Gasteiger partial charge is 0.0493 e. The van der Waals surface area contributed by atoms with E-state index >= 15 is 0 Å². The fraction of sp³-hybridized carbons (Fsp3) is 0.143. The van der Waals surface area contributed by atoms with Gasteiger partial charge in [0.15, 0.2) is 0 Å². The summed E-state index contributed by atoms with van der Waals surface area (Å²) in [7, 11) is 0. The van der Waals surface area contributed by atoms with Crippen molar-refractivity contribution in [3.8, 4) is 0 Å². The van der Waals surface area contributed by atoms with Crippen LogP contribution in [0, 0.1) is 0 Å². The molecule has 1 aliphatic heterocycles. The van der Waals surface area contributed by atoms with Gasteiger partial charge in [-0.2, -0.15) is 0 Å². The molecule has 1 aliphatic carbocycles. The summed E-state index contributed by atoms with van der Waals surface area (Å²) in [4.78, 5) is 4.72. The van der Waals surface area contributed by atoms with E-state index in [1.165, 1.54) is 33.4 Å². The molecular formula is C56H56N2. The van der Waals surface area contributed by atoms with Crippen LogP contribution in [0.3, 0.4) is 0 Å². The number of hydrogen-bond donors (Lipinski definition) is 0. The van der Waals surface area contributed by atoms with Gasteiger partial charge in [0, 0.05) is 40.6 Å². The molecule has 0 saturated heterocycles. The van der Waals surface area contributed by atoms with Crippen molar-refractivity contribution in [1.82, 2.24) is 0 Å². The molecule has 2 heteroatoms. The molecular weight excluding hydrogens is 701 g/mol. The Morgan fingerprint density at radius 3 is 2.19 bits per heavy atom. The van der Waals surface area contributed by atoms with Crippen LogP contribution >= 0.6 is 0 Å². The topological polar surface area (TPSA) is 6.48 Å². The Bertz CT molecular complexity index is 2450. The summed E-state index contributed by atoms with van der Waals surface area (Å²) in [6.45, 7) is 18.3. The van der Waals surface area contributed by atoms with Gasteiger partial charge in [-0.1, -0.05) is 158 Å². The van der Waals surface area contributed by atoms with Crippen LogP contribution in [0.4, 0.5) is 17.1 Å². The number of fused-ring (bicyclic) bond motifs is 1. The van der Waals surface area contributed by atoms with Crippen molar-refractivity contribution in [3.05, 3.63) is 246 Å². The second kappa shape index (κ2) is 20.0. The van der Waals surface area contributed by atoms with Crippen molar-refractivity contribution in [3.63, 3.8) is 0 Å². The Kier molecular flexibility index (Phi) is 14.1. The molecule has 0 aromatic heterocycles. The number of rotatable bonds is 11. The zero-order valence-corrected chi connectivity index (χ0v) is 35.0. The summed E-state index contributed by atoms with van der Waals surface area (Å²) in [5.74, 6) is 0. The molecule has 0 fully saturated rings. The van der Waals surface area contributed by atoms with Gasteiger partial charge in [0.1, 0.15) is 0 Å². The van der Waals surface area contributed by atoms with E-state index in [4.69, 9.17) is 6.58 Å². The predicted octanol–water partition coefficient (Wildman–Crippen LogP) is 15.6. The lowest BCUT2D eigenvalue weighted by atomic mass is 9.91. The average Bonchev–Trinajstić information content (AvgIpc) is 3.53. The van der Waals surface area contributed by atoms with Crippen molar-refractivity contribution in [2.45, 2.75) is 48.0 Å². The fourth-order valence-electron chi connectivity index (χ4n) is 7.49.